The maximum absolute atomic E-state index is 12.4. The fourth-order valence-electron chi connectivity index (χ4n) is 2.38. The largest absolute Gasteiger partial charge is 0.444 e. The fraction of sp³-hybridized carbons (Fsp3) is 0.400. The van der Waals surface area contributed by atoms with Crippen molar-refractivity contribution < 1.29 is 14.3 Å². The van der Waals surface area contributed by atoms with Gasteiger partial charge in [0.1, 0.15) is 11.6 Å². The molecule has 7 nitrogen and oxygen atoms in total. The molecule has 0 fully saturated rings. The summed E-state index contributed by atoms with van der Waals surface area (Å²) in [4.78, 5) is 28.6. The average Bonchev–Trinajstić information content (AvgIpc) is 2.57. The minimum atomic E-state index is -0.752. The van der Waals surface area contributed by atoms with Crippen molar-refractivity contribution >= 4 is 29.1 Å². The lowest BCUT2D eigenvalue weighted by Crippen LogP contribution is -2.49. The Bertz CT molecular complexity index is 840. The van der Waals surface area contributed by atoms with E-state index in [4.69, 9.17) is 4.74 Å². The van der Waals surface area contributed by atoms with Crippen LogP contribution >= 0.6 is 0 Å². The Balaban J connectivity index is 1.99. The summed E-state index contributed by atoms with van der Waals surface area (Å²) in [6.07, 6.45) is 2.65. The molecule has 7 heteroatoms. The van der Waals surface area contributed by atoms with Crippen LogP contribution in [0.4, 0.5) is 4.79 Å². The Hall–Kier alpha value is -2.96. The van der Waals surface area contributed by atoms with E-state index in [0.29, 0.717) is 0 Å². The van der Waals surface area contributed by atoms with Gasteiger partial charge in [-0.05, 0) is 50.5 Å². The fourth-order valence-corrected chi connectivity index (χ4v) is 2.38. The summed E-state index contributed by atoms with van der Waals surface area (Å²) in [7, 11) is 0. The normalized spacial score (nSPS) is 13.0. The van der Waals surface area contributed by atoms with Crippen molar-refractivity contribution in [1.29, 1.82) is 0 Å². The lowest BCUT2D eigenvalue weighted by Gasteiger charge is -2.24. The SMILES string of the molecule is CC(C)[C@H](NC(=O)OC(C)(C)C)C(=O)N/N=C\c1ccc2ncccc2c1. The number of fused-ring (bicyclic) bond motifs is 1. The highest BCUT2D eigenvalue weighted by molar-refractivity contribution is 5.90. The highest BCUT2D eigenvalue weighted by Gasteiger charge is 2.26. The zero-order valence-electron chi connectivity index (χ0n) is 16.3. The van der Waals surface area contributed by atoms with E-state index in [0.717, 1.165) is 16.5 Å². The minimum absolute atomic E-state index is 0.125. The number of carbonyl (C=O) groups excluding carboxylic acids is 2. The number of nitrogens with one attached hydrogen (secondary N) is 2. The van der Waals surface area contributed by atoms with Gasteiger partial charge in [-0.1, -0.05) is 26.0 Å². The summed E-state index contributed by atoms with van der Waals surface area (Å²) in [5.41, 5.74) is 3.56. The predicted octanol–water partition coefficient (Wildman–Crippen LogP) is 3.23. The average molecular weight is 370 g/mol. The summed E-state index contributed by atoms with van der Waals surface area (Å²) in [5.74, 6) is -0.533. The van der Waals surface area contributed by atoms with E-state index in [-0.39, 0.29) is 5.92 Å². The molecule has 144 valence electrons. The molecule has 1 atom stereocenters. The van der Waals surface area contributed by atoms with Crippen LogP contribution in [-0.4, -0.2) is 34.8 Å². The maximum atomic E-state index is 12.4. The molecule has 2 rings (SSSR count). The van der Waals surface area contributed by atoms with Crippen molar-refractivity contribution in [2.24, 2.45) is 11.0 Å². The van der Waals surface area contributed by atoms with Crippen LogP contribution in [0.25, 0.3) is 10.9 Å². The summed E-state index contributed by atoms with van der Waals surface area (Å²) < 4.78 is 5.21. The number of alkyl carbamates (subject to hydrolysis) is 1. The first-order valence-corrected chi connectivity index (χ1v) is 8.83. The minimum Gasteiger partial charge on any atom is -0.444 e. The number of hydrazone groups is 1. The molecule has 2 amide bonds. The molecule has 0 aliphatic carbocycles. The van der Waals surface area contributed by atoms with Crippen molar-refractivity contribution in [3.05, 3.63) is 42.1 Å². The molecule has 0 radical (unpaired) electrons. The lowest BCUT2D eigenvalue weighted by atomic mass is 10.0. The Morgan fingerprint density at radius 2 is 1.96 bits per heavy atom. The summed E-state index contributed by atoms with van der Waals surface area (Å²) in [6.45, 7) is 8.96. The highest BCUT2D eigenvalue weighted by atomic mass is 16.6. The predicted molar refractivity (Wildman–Crippen MR) is 105 cm³/mol. The van der Waals surface area contributed by atoms with E-state index < -0.39 is 23.6 Å². The standard InChI is InChI=1S/C20H26N4O3/c1-13(2)17(23-19(26)27-20(3,4)5)18(25)24-22-12-14-8-9-16-15(11-14)7-6-10-21-16/h6-13,17H,1-5H3,(H,23,26)(H,24,25)/b22-12-/t17-/m0/s1. The van der Waals surface area contributed by atoms with Crippen molar-refractivity contribution in [2.45, 2.75) is 46.3 Å². The van der Waals surface area contributed by atoms with Gasteiger partial charge in [-0.25, -0.2) is 10.2 Å². The van der Waals surface area contributed by atoms with E-state index in [2.05, 4.69) is 20.8 Å². The van der Waals surface area contributed by atoms with E-state index in [1.165, 1.54) is 0 Å². The summed E-state index contributed by atoms with van der Waals surface area (Å²) in [6, 6.07) is 8.75. The molecule has 2 N–H and O–H groups in total. The van der Waals surface area contributed by atoms with Crippen LogP contribution in [0.5, 0.6) is 0 Å². The Kier molecular flexibility index (Phi) is 6.50. The number of benzene rings is 1. The molecule has 0 spiro atoms. The number of aromatic nitrogens is 1. The van der Waals surface area contributed by atoms with Crippen LogP contribution in [0.2, 0.25) is 0 Å². The van der Waals surface area contributed by atoms with Gasteiger partial charge in [0.05, 0.1) is 11.7 Å². The van der Waals surface area contributed by atoms with Gasteiger partial charge in [-0.2, -0.15) is 5.10 Å². The number of rotatable bonds is 5. The van der Waals surface area contributed by atoms with Gasteiger partial charge in [-0.15, -0.1) is 0 Å². The van der Waals surface area contributed by atoms with E-state index >= 15 is 0 Å². The van der Waals surface area contributed by atoms with Gasteiger partial charge in [0.25, 0.3) is 5.91 Å². The first-order valence-electron chi connectivity index (χ1n) is 8.83. The molecule has 0 bridgehead atoms. The second-order valence-corrected chi connectivity index (χ2v) is 7.56. The van der Waals surface area contributed by atoms with Crippen LogP contribution in [0.15, 0.2) is 41.6 Å². The number of hydrogen-bond acceptors (Lipinski definition) is 5. The van der Waals surface area contributed by atoms with Gasteiger partial charge in [0.15, 0.2) is 0 Å². The first kappa shape index (κ1) is 20.4. The molecule has 0 unspecified atom stereocenters. The number of amides is 2. The van der Waals surface area contributed by atoms with Gasteiger partial charge < -0.3 is 10.1 Å². The third kappa shape index (κ3) is 6.36. The zero-order valence-corrected chi connectivity index (χ0v) is 16.3. The van der Waals surface area contributed by atoms with Gasteiger partial charge in [0, 0.05) is 11.6 Å². The quantitative estimate of drug-likeness (QED) is 0.624. The zero-order chi connectivity index (χ0) is 20.0. The molecular formula is C20H26N4O3. The third-order valence-corrected chi connectivity index (χ3v) is 3.64. The molecule has 1 heterocycles. The molecule has 27 heavy (non-hydrogen) atoms. The van der Waals surface area contributed by atoms with Crippen LogP contribution in [-0.2, 0) is 9.53 Å². The van der Waals surface area contributed by atoms with Gasteiger partial charge in [-0.3, -0.25) is 9.78 Å². The van der Waals surface area contributed by atoms with E-state index in [1.54, 1.807) is 33.2 Å². The van der Waals surface area contributed by atoms with Crippen molar-refractivity contribution in [3.63, 3.8) is 0 Å². The molecule has 0 aliphatic rings. The van der Waals surface area contributed by atoms with E-state index in [1.807, 2.05) is 44.2 Å². The van der Waals surface area contributed by atoms with Gasteiger partial charge >= 0.3 is 6.09 Å². The number of pyridine rings is 1. The van der Waals surface area contributed by atoms with E-state index in [9.17, 15) is 9.59 Å². The van der Waals surface area contributed by atoms with Crippen molar-refractivity contribution in [3.8, 4) is 0 Å². The smallest absolute Gasteiger partial charge is 0.408 e. The van der Waals surface area contributed by atoms with Crippen LogP contribution in [0, 0.1) is 5.92 Å². The Morgan fingerprint density at radius 3 is 2.63 bits per heavy atom. The number of carbonyl (C=O) groups is 2. The number of ether oxygens (including phenoxy) is 1. The van der Waals surface area contributed by atoms with Gasteiger partial charge in [0.2, 0.25) is 0 Å². The molecule has 1 aromatic carbocycles. The summed E-state index contributed by atoms with van der Waals surface area (Å²) in [5, 5.41) is 7.57. The summed E-state index contributed by atoms with van der Waals surface area (Å²) >= 11 is 0. The van der Waals surface area contributed by atoms with Crippen LogP contribution in [0.3, 0.4) is 0 Å². The molecular weight excluding hydrogens is 344 g/mol. The molecule has 1 aromatic heterocycles. The maximum Gasteiger partial charge on any atom is 0.408 e. The monoisotopic (exact) mass is 370 g/mol. The molecule has 2 aromatic rings. The van der Waals surface area contributed by atoms with Crippen LogP contribution < -0.4 is 10.7 Å². The topological polar surface area (TPSA) is 92.7 Å². The molecule has 0 saturated heterocycles. The number of hydrogen-bond donors (Lipinski definition) is 2. The Morgan fingerprint density at radius 1 is 1.22 bits per heavy atom. The van der Waals surface area contributed by atoms with Crippen molar-refractivity contribution in [2.75, 3.05) is 0 Å². The third-order valence-electron chi connectivity index (χ3n) is 3.64. The second-order valence-electron chi connectivity index (χ2n) is 7.56. The Labute approximate surface area is 159 Å². The molecule has 0 aliphatic heterocycles. The first-order chi connectivity index (χ1) is 12.7. The van der Waals surface area contributed by atoms with Crippen molar-refractivity contribution in [1.82, 2.24) is 15.7 Å². The lowest BCUT2D eigenvalue weighted by molar-refractivity contribution is -0.124. The highest BCUT2D eigenvalue weighted by Crippen LogP contribution is 2.12. The molecule has 0 saturated carbocycles. The number of nitrogens with zero attached hydrogens (tertiary/aromatic N) is 2. The second kappa shape index (κ2) is 8.62. The van der Waals surface area contributed by atoms with Crippen LogP contribution in [0.1, 0.15) is 40.2 Å².